The van der Waals surface area contributed by atoms with Gasteiger partial charge in [-0.05, 0) is 29.7 Å². The summed E-state index contributed by atoms with van der Waals surface area (Å²) in [4.78, 5) is 4.08. The SMILES string of the molecule is CCc1[nH]nc([C@H](N)c2ccccc2)c1-c1ccncc1. The van der Waals surface area contributed by atoms with Gasteiger partial charge in [0.15, 0.2) is 0 Å². The minimum absolute atomic E-state index is 0.245. The van der Waals surface area contributed by atoms with Gasteiger partial charge < -0.3 is 5.73 Å². The summed E-state index contributed by atoms with van der Waals surface area (Å²) in [6, 6.07) is 13.8. The summed E-state index contributed by atoms with van der Waals surface area (Å²) in [5.41, 5.74) is 11.6. The predicted molar refractivity (Wildman–Crippen MR) is 83.7 cm³/mol. The van der Waals surface area contributed by atoms with Crippen molar-refractivity contribution in [3.8, 4) is 11.1 Å². The van der Waals surface area contributed by atoms with Crippen LogP contribution in [0.5, 0.6) is 0 Å². The molecule has 1 aromatic carbocycles. The number of hydrogen-bond donors (Lipinski definition) is 2. The van der Waals surface area contributed by atoms with Gasteiger partial charge in [-0.2, -0.15) is 5.10 Å². The average Bonchev–Trinajstić information content (AvgIpc) is 2.99. The first kappa shape index (κ1) is 13.5. The fraction of sp³-hybridized carbons (Fsp3) is 0.176. The number of hydrogen-bond acceptors (Lipinski definition) is 3. The van der Waals surface area contributed by atoms with E-state index in [0.717, 1.165) is 34.5 Å². The van der Waals surface area contributed by atoms with Crippen LogP contribution in [0.3, 0.4) is 0 Å². The third-order valence-electron chi connectivity index (χ3n) is 3.65. The third-order valence-corrected chi connectivity index (χ3v) is 3.65. The molecule has 0 aliphatic rings. The number of rotatable bonds is 4. The van der Waals surface area contributed by atoms with Gasteiger partial charge in [-0.1, -0.05) is 37.3 Å². The maximum atomic E-state index is 6.42. The molecular weight excluding hydrogens is 260 g/mol. The summed E-state index contributed by atoms with van der Waals surface area (Å²) >= 11 is 0. The lowest BCUT2D eigenvalue weighted by Gasteiger charge is -2.12. The lowest BCUT2D eigenvalue weighted by atomic mass is 9.96. The van der Waals surface area contributed by atoms with Gasteiger partial charge in [-0.25, -0.2) is 0 Å². The Hall–Kier alpha value is -2.46. The maximum Gasteiger partial charge on any atom is 0.0915 e. The van der Waals surface area contributed by atoms with Gasteiger partial charge in [0.25, 0.3) is 0 Å². The molecule has 0 radical (unpaired) electrons. The number of nitrogens with one attached hydrogen (secondary N) is 1. The molecule has 0 saturated carbocycles. The Bertz CT molecular complexity index is 704. The number of nitrogens with zero attached hydrogens (tertiary/aromatic N) is 2. The van der Waals surface area contributed by atoms with Crippen LogP contribution in [0.25, 0.3) is 11.1 Å². The fourth-order valence-electron chi connectivity index (χ4n) is 2.53. The molecule has 21 heavy (non-hydrogen) atoms. The lowest BCUT2D eigenvalue weighted by Crippen LogP contribution is -2.13. The molecule has 2 heterocycles. The zero-order valence-corrected chi connectivity index (χ0v) is 12.0. The van der Waals surface area contributed by atoms with Crippen LogP contribution >= 0.6 is 0 Å². The Morgan fingerprint density at radius 2 is 1.81 bits per heavy atom. The van der Waals surface area contributed by atoms with Gasteiger partial charge in [0.05, 0.1) is 11.7 Å². The molecule has 3 aromatic rings. The van der Waals surface area contributed by atoms with Gasteiger partial charge in [-0.15, -0.1) is 0 Å². The van der Waals surface area contributed by atoms with Crippen molar-refractivity contribution < 1.29 is 0 Å². The Labute approximate surface area is 124 Å². The second kappa shape index (κ2) is 5.89. The Morgan fingerprint density at radius 3 is 2.48 bits per heavy atom. The molecule has 0 amide bonds. The highest BCUT2D eigenvalue weighted by molar-refractivity contribution is 5.69. The fourth-order valence-corrected chi connectivity index (χ4v) is 2.53. The minimum atomic E-state index is -0.245. The van der Waals surface area contributed by atoms with E-state index in [-0.39, 0.29) is 6.04 Å². The summed E-state index contributed by atoms with van der Waals surface area (Å²) < 4.78 is 0. The van der Waals surface area contributed by atoms with Crippen LogP contribution in [0, 0.1) is 0 Å². The first-order valence-corrected chi connectivity index (χ1v) is 7.09. The van der Waals surface area contributed by atoms with Gasteiger partial charge in [0.2, 0.25) is 0 Å². The molecule has 1 atom stereocenters. The third kappa shape index (κ3) is 2.58. The second-order valence-electron chi connectivity index (χ2n) is 4.94. The number of aromatic amines is 1. The summed E-state index contributed by atoms with van der Waals surface area (Å²) in [7, 11) is 0. The largest absolute Gasteiger partial charge is 0.319 e. The smallest absolute Gasteiger partial charge is 0.0915 e. The molecule has 4 nitrogen and oxygen atoms in total. The quantitative estimate of drug-likeness (QED) is 0.770. The standard InChI is InChI=1S/C17H18N4/c1-2-14-15(12-8-10-19-11-9-12)17(21-20-14)16(18)13-6-4-3-5-7-13/h3-11,16H,2,18H2,1H3,(H,20,21)/t16-/m1/s1. The van der Waals surface area contributed by atoms with E-state index in [9.17, 15) is 0 Å². The molecule has 106 valence electrons. The molecule has 0 aliphatic heterocycles. The minimum Gasteiger partial charge on any atom is -0.319 e. The Morgan fingerprint density at radius 1 is 1.10 bits per heavy atom. The molecule has 0 saturated heterocycles. The van der Waals surface area contributed by atoms with Crippen molar-refractivity contribution in [2.75, 3.05) is 0 Å². The van der Waals surface area contributed by atoms with Crippen molar-refractivity contribution in [1.82, 2.24) is 15.2 Å². The number of aryl methyl sites for hydroxylation is 1. The van der Waals surface area contributed by atoms with Gasteiger partial charge in [0, 0.05) is 23.7 Å². The maximum absolute atomic E-state index is 6.42. The van der Waals surface area contributed by atoms with Gasteiger partial charge >= 0.3 is 0 Å². The Balaban J connectivity index is 2.10. The first-order chi connectivity index (χ1) is 10.3. The van der Waals surface area contributed by atoms with E-state index in [1.165, 1.54) is 0 Å². The van der Waals surface area contributed by atoms with Crippen LogP contribution < -0.4 is 5.73 Å². The highest BCUT2D eigenvalue weighted by Gasteiger charge is 2.20. The number of benzene rings is 1. The monoisotopic (exact) mass is 278 g/mol. The van der Waals surface area contributed by atoms with Crippen molar-refractivity contribution >= 4 is 0 Å². The van der Waals surface area contributed by atoms with Crippen molar-refractivity contribution in [2.45, 2.75) is 19.4 Å². The molecule has 0 aliphatic carbocycles. The molecule has 3 rings (SSSR count). The predicted octanol–water partition coefficient (Wildman–Crippen LogP) is 3.08. The highest BCUT2D eigenvalue weighted by Crippen LogP contribution is 2.31. The normalized spacial score (nSPS) is 12.3. The van der Waals surface area contributed by atoms with E-state index in [4.69, 9.17) is 5.73 Å². The molecule has 3 N–H and O–H groups in total. The lowest BCUT2D eigenvalue weighted by molar-refractivity contribution is 0.815. The summed E-state index contributed by atoms with van der Waals surface area (Å²) in [6.45, 7) is 2.11. The van der Waals surface area contributed by atoms with Crippen LogP contribution in [0.2, 0.25) is 0 Å². The zero-order valence-electron chi connectivity index (χ0n) is 12.0. The van der Waals surface area contributed by atoms with Crippen molar-refractivity contribution in [3.63, 3.8) is 0 Å². The average molecular weight is 278 g/mol. The second-order valence-corrected chi connectivity index (χ2v) is 4.94. The van der Waals surface area contributed by atoms with E-state index in [1.54, 1.807) is 12.4 Å². The summed E-state index contributed by atoms with van der Waals surface area (Å²) in [6.07, 6.45) is 4.46. The first-order valence-electron chi connectivity index (χ1n) is 7.09. The molecular formula is C17H18N4. The van der Waals surface area contributed by atoms with Crippen LogP contribution in [-0.4, -0.2) is 15.2 Å². The number of H-pyrrole nitrogens is 1. The highest BCUT2D eigenvalue weighted by atomic mass is 15.1. The van der Waals surface area contributed by atoms with E-state index in [2.05, 4.69) is 22.1 Å². The molecule has 0 bridgehead atoms. The summed E-state index contributed by atoms with van der Waals surface area (Å²) in [5.74, 6) is 0. The van der Waals surface area contributed by atoms with E-state index in [1.807, 2.05) is 42.5 Å². The van der Waals surface area contributed by atoms with Crippen LogP contribution in [-0.2, 0) is 6.42 Å². The summed E-state index contributed by atoms with van der Waals surface area (Å²) in [5, 5.41) is 7.59. The Kier molecular flexibility index (Phi) is 3.79. The van der Waals surface area contributed by atoms with Crippen LogP contribution in [0.15, 0.2) is 54.9 Å². The number of nitrogens with two attached hydrogens (primary N) is 1. The topological polar surface area (TPSA) is 67.6 Å². The molecule has 0 unspecified atom stereocenters. The molecule has 0 fully saturated rings. The zero-order chi connectivity index (χ0) is 14.7. The van der Waals surface area contributed by atoms with Crippen LogP contribution in [0.4, 0.5) is 0 Å². The van der Waals surface area contributed by atoms with Gasteiger partial charge in [-0.3, -0.25) is 10.1 Å². The van der Waals surface area contributed by atoms with Crippen LogP contribution in [0.1, 0.15) is 29.9 Å². The molecule has 0 spiro atoms. The van der Waals surface area contributed by atoms with E-state index >= 15 is 0 Å². The molecule has 4 heteroatoms. The van der Waals surface area contributed by atoms with Crippen molar-refractivity contribution in [2.24, 2.45) is 5.73 Å². The van der Waals surface area contributed by atoms with E-state index < -0.39 is 0 Å². The van der Waals surface area contributed by atoms with Crippen molar-refractivity contribution in [3.05, 3.63) is 71.8 Å². The molecule has 2 aromatic heterocycles. The number of pyridine rings is 1. The van der Waals surface area contributed by atoms with Crippen molar-refractivity contribution in [1.29, 1.82) is 0 Å². The number of aromatic nitrogens is 3. The van der Waals surface area contributed by atoms with E-state index in [0.29, 0.717) is 0 Å². The van der Waals surface area contributed by atoms with Gasteiger partial charge in [0.1, 0.15) is 0 Å².